The Kier molecular flexibility index (Phi) is 3.27. The van der Waals surface area contributed by atoms with Gasteiger partial charge in [-0.05, 0) is 15.9 Å². The van der Waals surface area contributed by atoms with E-state index < -0.39 is 0 Å². The van der Waals surface area contributed by atoms with E-state index in [0.717, 1.165) is 4.60 Å². The van der Waals surface area contributed by atoms with Crippen molar-refractivity contribution < 1.29 is 4.79 Å². The molecule has 0 spiro atoms. The zero-order chi connectivity index (χ0) is 16.1. The van der Waals surface area contributed by atoms with Crippen LogP contribution >= 0.6 is 27.5 Å². The summed E-state index contributed by atoms with van der Waals surface area (Å²) in [6.07, 6.45) is 5.03. The summed E-state index contributed by atoms with van der Waals surface area (Å²) in [4.78, 5) is 21.3. The lowest BCUT2D eigenvalue weighted by atomic mass is 10.3. The van der Waals surface area contributed by atoms with E-state index >= 15 is 0 Å². The molecule has 118 valence electrons. The molecule has 0 fully saturated rings. The van der Waals surface area contributed by atoms with E-state index in [-0.39, 0.29) is 5.91 Å². The lowest BCUT2D eigenvalue weighted by Crippen LogP contribution is -2.50. The van der Waals surface area contributed by atoms with E-state index in [1.165, 1.54) is 10.7 Å². The van der Waals surface area contributed by atoms with Gasteiger partial charge in [-0.15, -0.1) is 0 Å². The van der Waals surface area contributed by atoms with E-state index in [9.17, 15) is 4.79 Å². The first-order valence-corrected chi connectivity index (χ1v) is 7.99. The number of carbonyl (C=O) groups is 1. The number of amides is 1. The minimum absolute atomic E-state index is 0.209. The number of fused-ring (bicyclic) bond motifs is 2. The minimum Gasteiger partial charge on any atom is -0.313 e. The molecule has 1 amide bonds. The summed E-state index contributed by atoms with van der Waals surface area (Å²) in [5.74, 6) is 0.487. The average Bonchev–Trinajstić information content (AvgIpc) is 3.09. The van der Waals surface area contributed by atoms with E-state index in [4.69, 9.17) is 11.6 Å². The Labute approximate surface area is 144 Å². The Morgan fingerprint density at radius 3 is 3.00 bits per heavy atom. The van der Waals surface area contributed by atoms with Crippen molar-refractivity contribution in [2.45, 2.75) is 6.54 Å². The van der Waals surface area contributed by atoms with Crippen molar-refractivity contribution >= 4 is 45.0 Å². The highest BCUT2D eigenvalue weighted by Crippen LogP contribution is 2.23. The minimum atomic E-state index is -0.209. The normalized spacial score (nSPS) is 14.4. The molecule has 23 heavy (non-hydrogen) atoms. The number of nitrogens with zero attached hydrogens (tertiary/aromatic N) is 7. The van der Waals surface area contributed by atoms with Crippen molar-refractivity contribution in [1.82, 2.24) is 29.2 Å². The van der Waals surface area contributed by atoms with Crippen LogP contribution in [-0.4, -0.2) is 48.7 Å². The first kappa shape index (κ1) is 14.5. The second-order valence-corrected chi connectivity index (χ2v) is 6.36. The molecule has 3 aromatic heterocycles. The van der Waals surface area contributed by atoms with Gasteiger partial charge in [0, 0.05) is 32.1 Å². The molecule has 1 aliphatic rings. The Hall–Kier alpha value is -2.13. The van der Waals surface area contributed by atoms with Crippen molar-refractivity contribution in [2.24, 2.45) is 0 Å². The third kappa shape index (κ3) is 2.36. The molecule has 0 N–H and O–H groups in total. The van der Waals surface area contributed by atoms with Gasteiger partial charge in [-0.25, -0.2) is 19.5 Å². The third-order valence-corrected chi connectivity index (χ3v) is 4.24. The van der Waals surface area contributed by atoms with Gasteiger partial charge >= 0.3 is 0 Å². The first-order chi connectivity index (χ1) is 11.0. The molecular formula is C13H11BrClN7O. The third-order valence-electron chi connectivity index (χ3n) is 3.67. The van der Waals surface area contributed by atoms with Crippen molar-refractivity contribution in [2.75, 3.05) is 18.6 Å². The number of hydrazine groups is 1. The summed E-state index contributed by atoms with van der Waals surface area (Å²) in [6, 6.07) is 1.64. The largest absolute Gasteiger partial charge is 0.313 e. The van der Waals surface area contributed by atoms with E-state index in [1.807, 2.05) is 10.8 Å². The summed E-state index contributed by atoms with van der Waals surface area (Å²) >= 11 is 9.25. The standard InChI is InChI=1S/C13H11BrClN7O/c1-19-13-17-10(14)7-20(13)2-3-22(19)12(23)9-4-11-16-5-8(15)6-21(11)18-9/h4-7H,2-3H2,1H3. The molecule has 0 atom stereocenters. The summed E-state index contributed by atoms with van der Waals surface area (Å²) in [5.41, 5.74) is 0.882. The van der Waals surface area contributed by atoms with Crippen LogP contribution in [0.4, 0.5) is 5.95 Å². The summed E-state index contributed by atoms with van der Waals surface area (Å²) < 4.78 is 4.22. The van der Waals surface area contributed by atoms with Crippen LogP contribution in [0.3, 0.4) is 0 Å². The average molecular weight is 397 g/mol. The van der Waals surface area contributed by atoms with Crippen LogP contribution < -0.4 is 5.01 Å². The van der Waals surface area contributed by atoms with Crippen LogP contribution in [0.1, 0.15) is 10.5 Å². The number of rotatable bonds is 1. The van der Waals surface area contributed by atoms with Gasteiger partial charge in [-0.3, -0.25) is 9.80 Å². The second-order valence-electron chi connectivity index (χ2n) is 5.11. The lowest BCUT2D eigenvalue weighted by Gasteiger charge is -2.36. The molecule has 1 aliphatic heterocycles. The molecule has 0 aromatic carbocycles. The molecule has 4 rings (SSSR count). The van der Waals surface area contributed by atoms with E-state index in [0.29, 0.717) is 35.4 Å². The van der Waals surface area contributed by atoms with Crippen LogP contribution in [0, 0.1) is 0 Å². The highest BCUT2D eigenvalue weighted by atomic mass is 79.9. The summed E-state index contributed by atoms with van der Waals surface area (Å²) in [5, 5.41) is 8.05. The lowest BCUT2D eigenvalue weighted by molar-refractivity contribution is 0.0710. The summed E-state index contributed by atoms with van der Waals surface area (Å²) in [6.45, 7) is 1.20. The molecule has 0 aliphatic carbocycles. The number of halogens is 2. The fourth-order valence-electron chi connectivity index (χ4n) is 2.59. The predicted molar refractivity (Wildman–Crippen MR) is 87.4 cm³/mol. The van der Waals surface area contributed by atoms with Gasteiger partial charge in [-0.1, -0.05) is 11.6 Å². The maximum Gasteiger partial charge on any atom is 0.293 e. The van der Waals surface area contributed by atoms with Gasteiger partial charge in [-0.2, -0.15) is 5.10 Å². The Morgan fingerprint density at radius 2 is 2.17 bits per heavy atom. The van der Waals surface area contributed by atoms with Crippen LogP contribution in [0.25, 0.3) is 5.65 Å². The first-order valence-electron chi connectivity index (χ1n) is 6.82. The quantitative estimate of drug-likeness (QED) is 0.628. The fraction of sp³-hybridized carbons (Fsp3) is 0.231. The van der Waals surface area contributed by atoms with Crippen LogP contribution in [0.2, 0.25) is 5.02 Å². The highest BCUT2D eigenvalue weighted by molar-refractivity contribution is 9.10. The van der Waals surface area contributed by atoms with Crippen LogP contribution in [0.15, 0.2) is 29.3 Å². The number of imidazole rings is 1. The van der Waals surface area contributed by atoms with Crippen LogP contribution in [0.5, 0.6) is 0 Å². The zero-order valence-corrected chi connectivity index (χ0v) is 14.4. The highest BCUT2D eigenvalue weighted by Gasteiger charge is 2.29. The van der Waals surface area contributed by atoms with Crippen molar-refractivity contribution in [3.05, 3.63) is 40.0 Å². The van der Waals surface area contributed by atoms with Gasteiger partial charge in [0.05, 0.1) is 17.8 Å². The fourth-order valence-corrected chi connectivity index (χ4v) is 3.13. The molecule has 10 heteroatoms. The Balaban J connectivity index is 1.68. The van der Waals surface area contributed by atoms with Gasteiger partial charge in [0.1, 0.15) is 4.60 Å². The molecule has 0 saturated heterocycles. The molecule has 0 radical (unpaired) electrons. The molecule has 4 heterocycles. The zero-order valence-electron chi connectivity index (χ0n) is 12.0. The topological polar surface area (TPSA) is 71.6 Å². The predicted octanol–water partition coefficient (Wildman–Crippen LogP) is 1.85. The van der Waals surface area contributed by atoms with Gasteiger partial charge in [0.2, 0.25) is 5.95 Å². The SMILES string of the molecule is CN1c2nc(Br)cn2CCN1C(=O)c1cc2ncc(Cl)cn2n1. The van der Waals surface area contributed by atoms with Crippen LogP contribution in [-0.2, 0) is 6.54 Å². The maximum atomic E-state index is 12.8. The van der Waals surface area contributed by atoms with Gasteiger partial charge in [0.15, 0.2) is 11.3 Å². The molecule has 8 nitrogen and oxygen atoms in total. The van der Waals surface area contributed by atoms with Crippen molar-refractivity contribution in [3.63, 3.8) is 0 Å². The smallest absolute Gasteiger partial charge is 0.293 e. The van der Waals surface area contributed by atoms with Crippen molar-refractivity contribution in [3.8, 4) is 0 Å². The summed E-state index contributed by atoms with van der Waals surface area (Å²) in [7, 11) is 1.80. The van der Waals surface area contributed by atoms with Gasteiger partial charge < -0.3 is 4.57 Å². The van der Waals surface area contributed by atoms with Crippen molar-refractivity contribution in [1.29, 1.82) is 0 Å². The number of aromatic nitrogens is 5. The molecule has 0 bridgehead atoms. The van der Waals surface area contributed by atoms with E-state index in [1.54, 1.807) is 29.3 Å². The van der Waals surface area contributed by atoms with E-state index in [2.05, 4.69) is 31.0 Å². The Bertz CT molecular complexity index is 920. The molecule has 3 aromatic rings. The molecular weight excluding hydrogens is 386 g/mol. The molecule has 0 saturated carbocycles. The number of hydrogen-bond donors (Lipinski definition) is 0. The molecule has 0 unspecified atom stereocenters. The number of hydrogen-bond acceptors (Lipinski definition) is 5. The monoisotopic (exact) mass is 395 g/mol. The number of anilines is 1. The van der Waals surface area contributed by atoms with Gasteiger partial charge in [0.25, 0.3) is 5.91 Å². The maximum absolute atomic E-state index is 12.8. The number of carbonyl (C=O) groups excluding carboxylic acids is 1. The second kappa shape index (κ2) is 5.20. The Morgan fingerprint density at radius 1 is 1.35 bits per heavy atom.